The zero-order valence-electron chi connectivity index (χ0n) is 9.48. The number of hydrogen-bond donors (Lipinski definition) is 3. The van der Waals surface area contributed by atoms with Gasteiger partial charge < -0.3 is 16.2 Å². The fourth-order valence-electron chi connectivity index (χ4n) is 1.19. The standard InChI is InChI=1S/C12H16N2O2S/c1-2-6-17-7-5-14-12(16)9-3-4-10(13)11(15)8-9/h2-4,8,15H,1,5-7,13H2,(H,14,16). The average molecular weight is 252 g/mol. The molecule has 0 heterocycles. The first-order valence-corrected chi connectivity index (χ1v) is 6.36. The second kappa shape index (κ2) is 6.85. The number of rotatable bonds is 6. The highest BCUT2D eigenvalue weighted by Gasteiger charge is 2.06. The molecular weight excluding hydrogens is 236 g/mol. The van der Waals surface area contributed by atoms with Crippen molar-refractivity contribution in [1.82, 2.24) is 5.32 Å². The van der Waals surface area contributed by atoms with Crippen LogP contribution in [0.4, 0.5) is 5.69 Å². The van der Waals surface area contributed by atoms with Crippen molar-refractivity contribution in [3.63, 3.8) is 0 Å². The van der Waals surface area contributed by atoms with Crippen LogP contribution in [0, 0.1) is 0 Å². The molecule has 5 heteroatoms. The minimum atomic E-state index is -0.209. The van der Waals surface area contributed by atoms with Gasteiger partial charge in [-0.2, -0.15) is 11.8 Å². The molecule has 0 radical (unpaired) electrons. The van der Waals surface area contributed by atoms with Crippen LogP contribution in [-0.2, 0) is 0 Å². The Morgan fingerprint density at radius 3 is 3.00 bits per heavy atom. The van der Waals surface area contributed by atoms with Gasteiger partial charge in [0.2, 0.25) is 0 Å². The molecule has 0 saturated carbocycles. The number of hydrogen-bond acceptors (Lipinski definition) is 4. The van der Waals surface area contributed by atoms with Crippen molar-refractivity contribution in [3.05, 3.63) is 36.4 Å². The molecule has 1 aromatic carbocycles. The number of anilines is 1. The third-order valence-electron chi connectivity index (χ3n) is 2.06. The van der Waals surface area contributed by atoms with Gasteiger partial charge in [-0.15, -0.1) is 6.58 Å². The molecule has 1 rings (SSSR count). The summed E-state index contributed by atoms with van der Waals surface area (Å²) in [6.45, 7) is 4.20. The second-order valence-electron chi connectivity index (χ2n) is 3.39. The van der Waals surface area contributed by atoms with Crippen LogP contribution in [0.25, 0.3) is 0 Å². The van der Waals surface area contributed by atoms with Gasteiger partial charge in [-0.1, -0.05) is 6.08 Å². The molecule has 0 fully saturated rings. The fraction of sp³-hybridized carbons (Fsp3) is 0.250. The minimum absolute atomic E-state index is 0.0707. The van der Waals surface area contributed by atoms with E-state index >= 15 is 0 Å². The van der Waals surface area contributed by atoms with Crippen LogP contribution in [0.2, 0.25) is 0 Å². The molecular formula is C12H16N2O2S. The van der Waals surface area contributed by atoms with Gasteiger partial charge in [-0.25, -0.2) is 0 Å². The Hall–Kier alpha value is -1.62. The normalized spacial score (nSPS) is 9.88. The molecule has 0 aromatic heterocycles. The van der Waals surface area contributed by atoms with Crippen molar-refractivity contribution in [3.8, 4) is 5.75 Å². The monoisotopic (exact) mass is 252 g/mol. The Bertz CT molecular complexity index is 407. The summed E-state index contributed by atoms with van der Waals surface area (Å²) < 4.78 is 0. The van der Waals surface area contributed by atoms with E-state index in [4.69, 9.17) is 5.73 Å². The summed E-state index contributed by atoms with van der Waals surface area (Å²) in [6.07, 6.45) is 1.82. The number of phenolic OH excluding ortho intramolecular Hbond substituents is 1. The number of benzene rings is 1. The van der Waals surface area contributed by atoms with E-state index in [0.29, 0.717) is 12.1 Å². The summed E-state index contributed by atoms with van der Waals surface area (Å²) in [5.41, 5.74) is 6.12. The number of nitrogens with two attached hydrogens (primary N) is 1. The van der Waals surface area contributed by atoms with E-state index in [0.717, 1.165) is 11.5 Å². The third-order valence-corrected chi connectivity index (χ3v) is 3.02. The van der Waals surface area contributed by atoms with Gasteiger partial charge in [0.15, 0.2) is 0 Å². The van der Waals surface area contributed by atoms with E-state index in [1.165, 1.54) is 12.1 Å². The fourth-order valence-corrected chi connectivity index (χ4v) is 1.77. The van der Waals surface area contributed by atoms with Gasteiger partial charge >= 0.3 is 0 Å². The molecule has 0 aliphatic carbocycles. The topological polar surface area (TPSA) is 75.4 Å². The lowest BCUT2D eigenvalue weighted by atomic mass is 10.2. The molecule has 92 valence electrons. The summed E-state index contributed by atoms with van der Waals surface area (Å²) in [7, 11) is 0. The lowest BCUT2D eigenvalue weighted by molar-refractivity contribution is 0.0956. The van der Waals surface area contributed by atoms with E-state index in [-0.39, 0.29) is 17.3 Å². The van der Waals surface area contributed by atoms with Crippen LogP contribution in [-0.4, -0.2) is 29.1 Å². The third kappa shape index (κ3) is 4.40. The van der Waals surface area contributed by atoms with Crippen LogP contribution in [0.3, 0.4) is 0 Å². The number of phenols is 1. The van der Waals surface area contributed by atoms with Crippen LogP contribution >= 0.6 is 11.8 Å². The average Bonchev–Trinajstić information content (AvgIpc) is 2.32. The lowest BCUT2D eigenvalue weighted by Crippen LogP contribution is -2.25. The molecule has 0 unspecified atom stereocenters. The van der Waals surface area contributed by atoms with Gasteiger partial charge in [0.05, 0.1) is 5.69 Å². The first kappa shape index (κ1) is 13.4. The number of aromatic hydroxyl groups is 1. The summed E-state index contributed by atoms with van der Waals surface area (Å²) in [5, 5.41) is 12.1. The van der Waals surface area contributed by atoms with E-state index < -0.39 is 0 Å². The van der Waals surface area contributed by atoms with Crippen molar-refractivity contribution in [1.29, 1.82) is 0 Å². The maximum atomic E-state index is 11.6. The predicted molar refractivity (Wildman–Crippen MR) is 72.4 cm³/mol. The molecule has 1 amide bonds. The molecule has 1 aromatic rings. The minimum Gasteiger partial charge on any atom is -0.506 e. The molecule has 0 aliphatic heterocycles. The Kier molecular flexibility index (Phi) is 5.42. The first-order chi connectivity index (χ1) is 8.15. The summed E-state index contributed by atoms with van der Waals surface area (Å²) in [4.78, 5) is 11.6. The molecule has 4 nitrogen and oxygen atoms in total. The second-order valence-corrected chi connectivity index (χ2v) is 4.54. The van der Waals surface area contributed by atoms with Crippen molar-refractivity contribution in [2.45, 2.75) is 0 Å². The Morgan fingerprint density at radius 1 is 1.59 bits per heavy atom. The van der Waals surface area contributed by atoms with E-state index in [2.05, 4.69) is 11.9 Å². The number of carbonyl (C=O) groups is 1. The summed E-state index contributed by atoms with van der Waals surface area (Å²) in [5.74, 6) is 1.43. The molecule has 0 bridgehead atoms. The van der Waals surface area contributed by atoms with E-state index in [1.54, 1.807) is 17.8 Å². The maximum absolute atomic E-state index is 11.6. The van der Waals surface area contributed by atoms with Crippen molar-refractivity contribution < 1.29 is 9.90 Å². The summed E-state index contributed by atoms with van der Waals surface area (Å²) >= 11 is 1.69. The van der Waals surface area contributed by atoms with Crippen LogP contribution in [0.1, 0.15) is 10.4 Å². The zero-order valence-corrected chi connectivity index (χ0v) is 10.3. The largest absolute Gasteiger partial charge is 0.506 e. The van der Waals surface area contributed by atoms with Crippen molar-refractivity contribution in [2.24, 2.45) is 0 Å². The van der Waals surface area contributed by atoms with Gasteiger partial charge in [-0.05, 0) is 18.2 Å². The zero-order chi connectivity index (χ0) is 12.7. The van der Waals surface area contributed by atoms with Crippen LogP contribution in [0.15, 0.2) is 30.9 Å². The molecule has 4 N–H and O–H groups in total. The van der Waals surface area contributed by atoms with Crippen LogP contribution in [0.5, 0.6) is 5.75 Å². The van der Waals surface area contributed by atoms with Gasteiger partial charge in [0.25, 0.3) is 5.91 Å². The molecule has 0 atom stereocenters. The van der Waals surface area contributed by atoms with Crippen LogP contribution < -0.4 is 11.1 Å². The number of amides is 1. The highest BCUT2D eigenvalue weighted by Crippen LogP contribution is 2.20. The molecule has 0 saturated heterocycles. The van der Waals surface area contributed by atoms with E-state index in [9.17, 15) is 9.90 Å². The number of nitrogen functional groups attached to an aromatic ring is 1. The van der Waals surface area contributed by atoms with Gasteiger partial charge in [0.1, 0.15) is 5.75 Å². The molecule has 0 spiro atoms. The maximum Gasteiger partial charge on any atom is 0.251 e. The quantitative estimate of drug-likeness (QED) is 0.311. The Balaban J connectivity index is 2.41. The number of nitrogens with one attached hydrogen (secondary N) is 1. The molecule has 17 heavy (non-hydrogen) atoms. The predicted octanol–water partition coefficient (Wildman–Crippen LogP) is 1.62. The van der Waals surface area contributed by atoms with E-state index in [1.807, 2.05) is 6.08 Å². The number of thioether (sulfide) groups is 1. The molecule has 0 aliphatic rings. The highest BCUT2D eigenvalue weighted by molar-refractivity contribution is 7.99. The van der Waals surface area contributed by atoms with Crippen molar-refractivity contribution in [2.75, 3.05) is 23.8 Å². The smallest absolute Gasteiger partial charge is 0.251 e. The SMILES string of the molecule is C=CCSCCNC(=O)c1ccc(N)c(O)c1. The van der Waals surface area contributed by atoms with Gasteiger partial charge in [-0.3, -0.25) is 4.79 Å². The van der Waals surface area contributed by atoms with Gasteiger partial charge in [0, 0.05) is 23.6 Å². The lowest BCUT2D eigenvalue weighted by Gasteiger charge is -2.06. The van der Waals surface area contributed by atoms with Crippen molar-refractivity contribution >= 4 is 23.4 Å². The summed E-state index contributed by atoms with van der Waals surface area (Å²) in [6, 6.07) is 4.46. The Labute approximate surface area is 105 Å². The first-order valence-electron chi connectivity index (χ1n) is 5.20. The number of carbonyl (C=O) groups excluding carboxylic acids is 1. The highest BCUT2D eigenvalue weighted by atomic mass is 32.2. The Morgan fingerprint density at radius 2 is 2.35 bits per heavy atom.